The normalized spacial score (nSPS) is 15.4. The van der Waals surface area contributed by atoms with Gasteiger partial charge in [0.25, 0.3) is 11.8 Å². The molecule has 154 valence electrons. The zero-order valence-corrected chi connectivity index (χ0v) is 16.9. The second-order valence-electron chi connectivity index (χ2n) is 6.98. The van der Waals surface area contributed by atoms with E-state index in [2.05, 4.69) is 5.32 Å². The van der Waals surface area contributed by atoms with Crippen molar-refractivity contribution in [2.24, 2.45) is 0 Å². The molecule has 0 aromatic heterocycles. The number of ether oxygens (including phenoxy) is 2. The number of para-hydroxylation sites is 1. The lowest BCUT2D eigenvalue weighted by molar-refractivity contribution is -0.158. The Morgan fingerprint density at radius 1 is 1.18 bits per heavy atom. The molecule has 0 heterocycles. The van der Waals surface area contributed by atoms with Crippen molar-refractivity contribution >= 4 is 17.8 Å². The van der Waals surface area contributed by atoms with Crippen molar-refractivity contribution in [3.05, 3.63) is 29.8 Å². The highest BCUT2D eigenvalue weighted by Gasteiger charge is 2.27. The van der Waals surface area contributed by atoms with Gasteiger partial charge in [-0.2, -0.15) is 0 Å². The summed E-state index contributed by atoms with van der Waals surface area (Å²) in [6.07, 6.45) is 4.52. The topological polar surface area (TPSA) is 84.9 Å². The maximum absolute atomic E-state index is 12.5. The summed E-state index contributed by atoms with van der Waals surface area (Å²) >= 11 is 0. The molecule has 1 aliphatic carbocycles. The molecule has 0 bridgehead atoms. The molecule has 0 aliphatic heterocycles. The number of hydrogen-bond donors (Lipinski definition) is 1. The van der Waals surface area contributed by atoms with Crippen molar-refractivity contribution in [1.82, 2.24) is 10.2 Å². The largest absolute Gasteiger partial charge is 0.493 e. The van der Waals surface area contributed by atoms with Crippen LogP contribution in [0.5, 0.6) is 5.75 Å². The number of carbonyl (C=O) groups is 3. The summed E-state index contributed by atoms with van der Waals surface area (Å²) in [6, 6.07) is 7.01. The van der Waals surface area contributed by atoms with Gasteiger partial charge >= 0.3 is 5.97 Å². The molecule has 28 heavy (non-hydrogen) atoms. The lowest BCUT2D eigenvalue weighted by Crippen LogP contribution is -2.45. The molecular formula is C21H30N2O5. The third-order valence-electron chi connectivity index (χ3n) is 4.95. The van der Waals surface area contributed by atoms with Gasteiger partial charge in [0, 0.05) is 13.1 Å². The van der Waals surface area contributed by atoms with Gasteiger partial charge in [-0.15, -0.1) is 0 Å². The number of benzene rings is 1. The first-order valence-corrected chi connectivity index (χ1v) is 9.90. The first-order chi connectivity index (χ1) is 13.4. The Morgan fingerprint density at radius 2 is 1.86 bits per heavy atom. The van der Waals surface area contributed by atoms with Crippen molar-refractivity contribution in [3.63, 3.8) is 0 Å². The van der Waals surface area contributed by atoms with E-state index in [0.717, 1.165) is 25.7 Å². The van der Waals surface area contributed by atoms with Crippen LogP contribution in [0.1, 0.15) is 56.3 Å². The standard InChI is InChI=1S/C21H30N2O5/c1-4-27-18-13-9-8-12-17(18)20(25)22-14-19(24)28-15(2)21(26)23(3)16-10-6-5-7-11-16/h8-9,12-13,15-16H,4-7,10-11,14H2,1-3H3,(H,22,25)/t15-/m1/s1. The minimum atomic E-state index is -0.882. The highest BCUT2D eigenvalue weighted by Crippen LogP contribution is 2.22. The number of rotatable bonds is 8. The van der Waals surface area contributed by atoms with Gasteiger partial charge in [0.1, 0.15) is 12.3 Å². The van der Waals surface area contributed by atoms with E-state index < -0.39 is 18.0 Å². The quantitative estimate of drug-likeness (QED) is 0.690. The average molecular weight is 390 g/mol. The Morgan fingerprint density at radius 3 is 2.54 bits per heavy atom. The Kier molecular flexibility index (Phi) is 8.29. The van der Waals surface area contributed by atoms with E-state index in [0.29, 0.717) is 17.9 Å². The fourth-order valence-corrected chi connectivity index (χ4v) is 3.41. The minimum absolute atomic E-state index is 0.206. The van der Waals surface area contributed by atoms with Crippen molar-refractivity contribution in [2.45, 2.75) is 58.1 Å². The maximum Gasteiger partial charge on any atom is 0.326 e. The predicted octanol–water partition coefficient (Wildman–Crippen LogP) is 2.54. The summed E-state index contributed by atoms with van der Waals surface area (Å²) in [4.78, 5) is 38.6. The Hall–Kier alpha value is -2.57. The van der Waals surface area contributed by atoms with E-state index in [-0.39, 0.29) is 18.5 Å². The number of nitrogens with zero attached hydrogens (tertiary/aromatic N) is 1. The van der Waals surface area contributed by atoms with Crippen LogP contribution in [-0.4, -0.2) is 55.0 Å². The summed E-state index contributed by atoms with van der Waals surface area (Å²) in [7, 11) is 1.76. The van der Waals surface area contributed by atoms with Crippen LogP contribution in [0.25, 0.3) is 0 Å². The summed E-state index contributed by atoms with van der Waals surface area (Å²) in [6.45, 7) is 3.51. The van der Waals surface area contributed by atoms with Crippen molar-refractivity contribution in [1.29, 1.82) is 0 Å². The van der Waals surface area contributed by atoms with E-state index in [1.54, 1.807) is 43.1 Å². The van der Waals surface area contributed by atoms with Crippen LogP contribution >= 0.6 is 0 Å². The number of nitrogens with one attached hydrogen (secondary N) is 1. The molecule has 7 nitrogen and oxygen atoms in total. The Balaban J connectivity index is 1.83. The van der Waals surface area contributed by atoms with Gasteiger partial charge in [0.05, 0.1) is 12.2 Å². The predicted molar refractivity (Wildman–Crippen MR) is 105 cm³/mol. The van der Waals surface area contributed by atoms with Gasteiger partial charge < -0.3 is 19.7 Å². The van der Waals surface area contributed by atoms with E-state index in [1.165, 1.54) is 6.42 Å². The molecule has 2 rings (SSSR count). The van der Waals surface area contributed by atoms with Crippen LogP contribution in [0.4, 0.5) is 0 Å². The van der Waals surface area contributed by atoms with Crippen LogP contribution in [0.15, 0.2) is 24.3 Å². The van der Waals surface area contributed by atoms with Crippen molar-refractivity contribution < 1.29 is 23.9 Å². The van der Waals surface area contributed by atoms with Crippen LogP contribution in [0, 0.1) is 0 Å². The minimum Gasteiger partial charge on any atom is -0.493 e. The molecule has 2 amide bonds. The van der Waals surface area contributed by atoms with Gasteiger partial charge in [-0.25, -0.2) is 0 Å². The number of esters is 1. The van der Waals surface area contributed by atoms with Gasteiger partial charge in [-0.1, -0.05) is 31.4 Å². The summed E-state index contributed by atoms with van der Waals surface area (Å²) in [5, 5.41) is 2.52. The van der Waals surface area contributed by atoms with E-state index in [4.69, 9.17) is 9.47 Å². The Bertz CT molecular complexity index is 685. The highest BCUT2D eigenvalue weighted by atomic mass is 16.5. The number of amides is 2. The van der Waals surface area contributed by atoms with Gasteiger partial charge in [0.2, 0.25) is 0 Å². The average Bonchev–Trinajstić information content (AvgIpc) is 2.72. The summed E-state index contributed by atoms with van der Waals surface area (Å²) < 4.78 is 10.6. The zero-order chi connectivity index (χ0) is 20.5. The lowest BCUT2D eigenvalue weighted by atomic mass is 9.94. The first-order valence-electron chi connectivity index (χ1n) is 9.90. The number of carbonyl (C=O) groups excluding carboxylic acids is 3. The Labute approximate surface area is 166 Å². The molecule has 1 saturated carbocycles. The van der Waals surface area contributed by atoms with E-state index >= 15 is 0 Å². The molecule has 7 heteroatoms. The van der Waals surface area contributed by atoms with Crippen LogP contribution in [-0.2, 0) is 14.3 Å². The second kappa shape index (κ2) is 10.7. The van der Waals surface area contributed by atoms with Crippen molar-refractivity contribution in [3.8, 4) is 5.75 Å². The molecule has 1 aliphatic rings. The van der Waals surface area contributed by atoms with Crippen LogP contribution in [0.3, 0.4) is 0 Å². The van der Waals surface area contributed by atoms with Gasteiger partial charge in [-0.05, 0) is 38.8 Å². The van der Waals surface area contributed by atoms with E-state index in [9.17, 15) is 14.4 Å². The molecule has 0 spiro atoms. The van der Waals surface area contributed by atoms with Crippen molar-refractivity contribution in [2.75, 3.05) is 20.2 Å². The molecule has 0 saturated heterocycles. The third-order valence-corrected chi connectivity index (χ3v) is 4.95. The first kappa shape index (κ1) is 21.7. The monoisotopic (exact) mass is 390 g/mol. The van der Waals surface area contributed by atoms with Crippen LogP contribution < -0.4 is 10.1 Å². The molecule has 1 aromatic rings. The fourth-order valence-electron chi connectivity index (χ4n) is 3.41. The summed E-state index contributed by atoms with van der Waals surface area (Å²) in [5.74, 6) is -0.846. The summed E-state index contributed by atoms with van der Waals surface area (Å²) in [5.41, 5.74) is 0.346. The molecule has 0 radical (unpaired) electrons. The maximum atomic E-state index is 12.5. The zero-order valence-electron chi connectivity index (χ0n) is 16.9. The molecule has 0 unspecified atom stereocenters. The number of likely N-dealkylation sites (N-methyl/N-ethyl adjacent to an activating group) is 1. The van der Waals surface area contributed by atoms with Crippen LogP contribution in [0.2, 0.25) is 0 Å². The molecular weight excluding hydrogens is 360 g/mol. The molecule has 1 atom stereocenters. The lowest BCUT2D eigenvalue weighted by Gasteiger charge is -2.32. The molecule has 1 fully saturated rings. The molecule has 1 aromatic carbocycles. The van der Waals surface area contributed by atoms with E-state index in [1.807, 2.05) is 6.92 Å². The van der Waals surface area contributed by atoms with Gasteiger partial charge in [-0.3, -0.25) is 14.4 Å². The SMILES string of the molecule is CCOc1ccccc1C(=O)NCC(=O)O[C@H](C)C(=O)N(C)C1CCCCC1. The smallest absolute Gasteiger partial charge is 0.326 e. The second-order valence-corrected chi connectivity index (χ2v) is 6.98. The number of hydrogen-bond acceptors (Lipinski definition) is 5. The third kappa shape index (κ3) is 5.97. The van der Waals surface area contributed by atoms with Gasteiger partial charge in [0.15, 0.2) is 6.10 Å². The highest BCUT2D eigenvalue weighted by molar-refractivity contribution is 5.98. The molecule has 1 N–H and O–H groups in total. The fraction of sp³-hybridized carbons (Fsp3) is 0.571.